The lowest BCUT2D eigenvalue weighted by atomic mass is 10.1. The Morgan fingerprint density at radius 3 is 2.43 bits per heavy atom. The van der Waals surface area contributed by atoms with Crippen molar-refractivity contribution >= 4 is 5.91 Å². The molecule has 1 unspecified atom stereocenters. The Kier molecular flexibility index (Phi) is 6.70. The molecule has 2 rings (SSSR count). The third kappa shape index (κ3) is 5.48. The summed E-state index contributed by atoms with van der Waals surface area (Å²) in [5.41, 5.74) is 6.81. The molecule has 1 aromatic rings. The van der Waals surface area contributed by atoms with Crippen molar-refractivity contribution < 1.29 is 4.79 Å². The van der Waals surface area contributed by atoms with Crippen LogP contribution >= 0.6 is 0 Å². The van der Waals surface area contributed by atoms with Crippen LogP contribution in [0, 0.1) is 0 Å². The lowest BCUT2D eigenvalue weighted by Gasteiger charge is -2.17. The highest BCUT2D eigenvalue weighted by molar-refractivity contribution is 5.82. The van der Waals surface area contributed by atoms with E-state index in [9.17, 15) is 4.79 Å². The molecule has 116 valence electrons. The molecule has 1 atom stereocenters. The predicted octanol–water partition coefficient (Wildman–Crippen LogP) is 2.11. The molecule has 0 saturated heterocycles. The molecule has 4 N–H and O–H groups in total. The monoisotopic (exact) mass is 289 g/mol. The Hall–Kier alpha value is -1.39. The highest BCUT2D eigenvalue weighted by Crippen LogP contribution is 2.16. The van der Waals surface area contributed by atoms with E-state index in [4.69, 9.17) is 5.73 Å². The Labute approximate surface area is 127 Å². The van der Waals surface area contributed by atoms with E-state index in [-0.39, 0.29) is 5.91 Å². The van der Waals surface area contributed by atoms with Crippen LogP contribution in [0.2, 0.25) is 0 Å². The standard InChI is InChI=1S/C17H27N3O/c18-16(14-8-4-3-5-9-14)17(21)20-13-12-19-15-10-6-1-2-7-11-15/h3-5,8-9,15-16,19H,1-2,6-7,10-13,18H2,(H,20,21). The first kappa shape index (κ1) is 16.0. The van der Waals surface area contributed by atoms with Gasteiger partial charge in [-0.05, 0) is 18.4 Å². The van der Waals surface area contributed by atoms with E-state index in [1.54, 1.807) is 0 Å². The number of carbonyl (C=O) groups is 1. The summed E-state index contributed by atoms with van der Waals surface area (Å²) in [6, 6.07) is 9.52. The summed E-state index contributed by atoms with van der Waals surface area (Å²) in [4.78, 5) is 12.0. The molecule has 4 heteroatoms. The van der Waals surface area contributed by atoms with Crippen LogP contribution in [0.1, 0.15) is 50.1 Å². The van der Waals surface area contributed by atoms with Gasteiger partial charge in [-0.1, -0.05) is 56.0 Å². The van der Waals surface area contributed by atoms with E-state index in [0.717, 1.165) is 12.1 Å². The van der Waals surface area contributed by atoms with Crippen LogP contribution in [-0.2, 0) is 4.79 Å². The first-order valence-electron chi connectivity index (χ1n) is 8.09. The molecule has 0 spiro atoms. The zero-order valence-electron chi connectivity index (χ0n) is 12.7. The van der Waals surface area contributed by atoms with Gasteiger partial charge in [-0.15, -0.1) is 0 Å². The van der Waals surface area contributed by atoms with Crippen molar-refractivity contribution in [2.45, 2.75) is 50.6 Å². The summed E-state index contributed by atoms with van der Waals surface area (Å²) in [5.74, 6) is -0.108. The molecule has 1 fully saturated rings. The van der Waals surface area contributed by atoms with Crippen molar-refractivity contribution in [1.29, 1.82) is 0 Å². The molecule has 1 aromatic carbocycles. The molecule has 1 saturated carbocycles. The van der Waals surface area contributed by atoms with Crippen LogP contribution in [0.3, 0.4) is 0 Å². The van der Waals surface area contributed by atoms with Gasteiger partial charge in [0.15, 0.2) is 0 Å². The second kappa shape index (κ2) is 8.80. The van der Waals surface area contributed by atoms with Crippen molar-refractivity contribution in [2.24, 2.45) is 5.73 Å². The second-order valence-corrected chi connectivity index (χ2v) is 5.82. The van der Waals surface area contributed by atoms with Gasteiger partial charge >= 0.3 is 0 Å². The molecule has 0 bridgehead atoms. The van der Waals surface area contributed by atoms with Crippen LogP contribution in [0.5, 0.6) is 0 Å². The number of hydrogen-bond donors (Lipinski definition) is 3. The normalized spacial score (nSPS) is 18.0. The predicted molar refractivity (Wildman–Crippen MR) is 85.9 cm³/mol. The Morgan fingerprint density at radius 1 is 1.10 bits per heavy atom. The lowest BCUT2D eigenvalue weighted by molar-refractivity contribution is -0.122. The van der Waals surface area contributed by atoms with Crippen molar-refractivity contribution in [3.8, 4) is 0 Å². The average molecular weight is 289 g/mol. The topological polar surface area (TPSA) is 67.2 Å². The van der Waals surface area contributed by atoms with Crippen LogP contribution in [-0.4, -0.2) is 25.0 Å². The van der Waals surface area contributed by atoms with Gasteiger partial charge in [0, 0.05) is 19.1 Å². The number of carbonyl (C=O) groups excluding carboxylic acids is 1. The van der Waals surface area contributed by atoms with E-state index in [1.807, 2.05) is 30.3 Å². The van der Waals surface area contributed by atoms with Gasteiger partial charge in [-0.25, -0.2) is 0 Å². The fourth-order valence-corrected chi connectivity index (χ4v) is 2.87. The number of nitrogens with one attached hydrogen (secondary N) is 2. The zero-order chi connectivity index (χ0) is 14.9. The maximum absolute atomic E-state index is 12.0. The highest BCUT2D eigenvalue weighted by Gasteiger charge is 2.15. The van der Waals surface area contributed by atoms with Crippen molar-refractivity contribution in [3.05, 3.63) is 35.9 Å². The highest BCUT2D eigenvalue weighted by atomic mass is 16.2. The van der Waals surface area contributed by atoms with E-state index >= 15 is 0 Å². The smallest absolute Gasteiger partial charge is 0.241 e. The molecule has 1 amide bonds. The zero-order valence-corrected chi connectivity index (χ0v) is 12.7. The van der Waals surface area contributed by atoms with Crippen LogP contribution < -0.4 is 16.4 Å². The van der Waals surface area contributed by atoms with E-state index in [0.29, 0.717) is 12.6 Å². The van der Waals surface area contributed by atoms with Gasteiger partial charge in [-0.3, -0.25) is 4.79 Å². The van der Waals surface area contributed by atoms with Gasteiger partial charge in [0.2, 0.25) is 5.91 Å². The summed E-state index contributed by atoms with van der Waals surface area (Å²) in [5, 5.41) is 6.45. The summed E-state index contributed by atoms with van der Waals surface area (Å²) in [7, 11) is 0. The number of hydrogen-bond acceptors (Lipinski definition) is 3. The lowest BCUT2D eigenvalue weighted by Crippen LogP contribution is -2.40. The quantitative estimate of drug-likeness (QED) is 0.555. The summed E-state index contributed by atoms with van der Waals surface area (Å²) in [6.45, 7) is 1.45. The molecule has 1 aliphatic rings. The van der Waals surface area contributed by atoms with E-state index in [1.165, 1.54) is 38.5 Å². The SMILES string of the molecule is NC(C(=O)NCCNC1CCCCCC1)c1ccccc1. The second-order valence-electron chi connectivity index (χ2n) is 5.82. The van der Waals surface area contributed by atoms with E-state index < -0.39 is 6.04 Å². The Bertz CT molecular complexity index is 413. The minimum Gasteiger partial charge on any atom is -0.353 e. The third-order valence-corrected chi connectivity index (χ3v) is 4.15. The van der Waals surface area contributed by atoms with Crippen LogP contribution in [0.4, 0.5) is 0 Å². The Balaban J connectivity index is 1.65. The van der Waals surface area contributed by atoms with Crippen LogP contribution in [0.25, 0.3) is 0 Å². The molecule has 21 heavy (non-hydrogen) atoms. The van der Waals surface area contributed by atoms with Crippen molar-refractivity contribution in [2.75, 3.05) is 13.1 Å². The van der Waals surface area contributed by atoms with Gasteiger partial charge in [0.05, 0.1) is 0 Å². The van der Waals surface area contributed by atoms with Gasteiger partial charge in [0.1, 0.15) is 6.04 Å². The molecular weight excluding hydrogens is 262 g/mol. The molecule has 0 radical (unpaired) electrons. The number of nitrogens with two attached hydrogens (primary N) is 1. The van der Waals surface area contributed by atoms with Gasteiger partial charge in [0.25, 0.3) is 0 Å². The van der Waals surface area contributed by atoms with Gasteiger partial charge in [-0.2, -0.15) is 0 Å². The molecule has 0 heterocycles. The fraction of sp³-hybridized carbons (Fsp3) is 0.588. The Morgan fingerprint density at radius 2 is 1.76 bits per heavy atom. The summed E-state index contributed by atoms with van der Waals surface area (Å²) in [6.07, 6.45) is 7.89. The minimum absolute atomic E-state index is 0.108. The summed E-state index contributed by atoms with van der Waals surface area (Å²) >= 11 is 0. The number of rotatable bonds is 6. The number of amides is 1. The number of benzene rings is 1. The minimum atomic E-state index is -0.580. The van der Waals surface area contributed by atoms with E-state index in [2.05, 4.69) is 10.6 Å². The molecular formula is C17H27N3O. The average Bonchev–Trinajstić information content (AvgIpc) is 2.80. The molecule has 4 nitrogen and oxygen atoms in total. The fourth-order valence-electron chi connectivity index (χ4n) is 2.87. The third-order valence-electron chi connectivity index (χ3n) is 4.15. The molecule has 0 aliphatic heterocycles. The summed E-state index contributed by atoms with van der Waals surface area (Å²) < 4.78 is 0. The largest absolute Gasteiger partial charge is 0.353 e. The first-order valence-corrected chi connectivity index (χ1v) is 8.09. The maximum atomic E-state index is 12.0. The van der Waals surface area contributed by atoms with Crippen LogP contribution in [0.15, 0.2) is 30.3 Å². The first-order chi connectivity index (χ1) is 10.3. The van der Waals surface area contributed by atoms with Gasteiger partial charge < -0.3 is 16.4 Å². The molecule has 0 aromatic heterocycles. The van der Waals surface area contributed by atoms with Crippen molar-refractivity contribution in [1.82, 2.24) is 10.6 Å². The van der Waals surface area contributed by atoms with Crippen molar-refractivity contribution in [3.63, 3.8) is 0 Å². The molecule has 1 aliphatic carbocycles. The maximum Gasteiger partial charge on any atom is 0.241 e.